The number of benzene rings is 10. The van der Waals surface area contributed by atoms with Crippen molar-refractivity contribution in [2.45, 2.75) is 5.41 Å². The van der Waals surface area contributed by atoms with E-state index in [0.717, 1.165) is 78.3 Å². The molecule has 0 fully saturated rings. The largest absolute Gasteiger partial charge is 0.508 e. The molecule has 0 amide bonds. The zero-order chi connectivity index (χ0) is 40.9. The Morgan fingerprint density at radius 1 is 0.311 bits per heavy atom. The molecule has 0 unspecified atom stereocenters. The maximum Gasteiger partial charge on any atom is 0.115 e. The summed E-state index contributed by atoms with van der Waals surface area (Å²) in [5.41, 5.74) is 11.9. The van der Waals surface area contributed by atoms with Crippen LogP contribution in [0.25, 0.3) is 32.7 Å². The predicted octanol–water partition coefficient (Wildman–Crippen LogP) is 14.7. The van der Waals surface area contributed by atoms with Crippen LogP contribution in [-0.4, -0.2) is 10.2 Å². The molecule has 1 aliphatic rings. The van der Waals surface area contributed by atoms with E-state index in [9.17, 15) is 10.2 Å². The SMILES string of the molecule is Oc1ccc(C2(c3ccc(O)cc3)c3cc(N(c4ccccc4)c4cccc5ccccc45)ccc3-c3ccc(N(c4ccccc4)c4cccc5ccccc45)cc32)cc1. The summed E-state index contributed by atoms with van der Waals surface area (Å²) in [5, 5.41) is 26.1. The van der Waals surface area contributed by atoms with Crippen LogP contribution < -0.4 is 9.80 Å². The monoisotopic (exact) mass is 784 g/mol. The predicted molar refractivity (Wildman–Crippen MR) is 251 cm³/mol. The Bertz CT molecular complexity index is 2990. The Labute approximate surface area is 355 Å². The van der Waals surface area contributed by atoms with Crippen molar-refractivity contribution < 1.29 is 10.2 Å². The van der Waals surface area contributed by atoms with E-state index in [2.05, 4.69) is 192 Å². The number of nitrogens with zero attached hydrogens (tertiary/aromatic N) is 2. The molecule has 2 N–H and O–H groups in total. The molecule has 11 rings (SSSR count). The number of phenols is 2. The summed E-state index contributed by atoms with van der Waals surface area (Å²) in [6, 6.07) is 80.2. The number of aromatic hydroxyl groups is 2. The van der Waals surface area contributed by atoms with Crippen LogP contribution in [0.5, 0.6) is 11.5 Å². The highest BCUT2D eigenvalue weighted by Crippen LogP contribution is 2.59. The van der Waals surface area contributed by atoms with Crippen LogP contribution in [-0.2, 0) is 5.41 Å². The summed E-state index contributed by atoms with van der Waals surface area (Å²) < 4.78 is 0. The lowest BCUT2D eigenvalue weighted by molar-refractivity contribution is 0.474. The third-order valence-corrected chi connectivity index (χ3v) is 12.3. The van der Waals surface area contributed by atoms with E-state index in [0.29, 0.717) is 0 Å². The molecule has 4 heteroatoms. The molecular weight excluding hydrogens is 745 g/mol. The number of para-hydroxylation sites is 2. The van der Waals surface area contributed by atoms with Gasteiger partial charge < -0.3 is 20.0 Å². The van der Waals surface area contributed by atoms with Crippen LogP contribution in [0, 0.1) is 0 Å². The Kier molecular flexibility index (Phi) is 8.64. The van der Waals surface area contributed by atoms with E-state index in [1.807, 2.05) is 24.3 Å². The van der Waals surface area contributed by atoms with Crippen molar-refractivity contribution in [1.29, 1.82) is 0 Å². The maximum atomic E-state index is 10.7. The van der Waals surface area contributed by atoms with Crippen molar-refractivity contribution in [2.24, 2.45) is 0 Å². The summed E-state index contributed by atoms with van der Waals surface area (Å²) in [6.45, 7) is 0. The molecule has 61 heavy (non-hydrogen) atoms. The number of hydrogen-bond donors (Lipinski definition) is 2. The Morgan fingerprint density at radius 3 is 1.11 bits per heavy atom. The van der Waals surface area contributed by atoms with Crippen LogP contribution in [0.2, 0.25) is 0 Å². The fourth-order valence-corrected chi connectivity index (χ4v) is 9.60. The van der Waals surface area contributed by atoms with E-state index in [-0.39, 0.29) is 11.5 Å². The zero-order valence-corrected chi connectivity index (χ0v) is 33.2. The van der Waals surface area contributed by atoms with Gasteiger partial charge in [0.2, 0.25) is 0 Å². The van der Waals surface area contributed by atoms with Crippen LogP contribution in [0.1, 0.15) is 22.3 Å². The average Bonchev–Trinajstić information content (AvgIpc) is 3.60. The molecule has 1 aliphatic carbocycles. The normalized spacial score (nSPS) is 12.5. The van der Waals surface area contributed by atoms with E-state index in [1.54, 1.807) is 24.3 Å². The summed E-state index contributed by atoms with van der Waals surface area (Å²) in [5.74, 6) is 0.394. The summed E-state index contributed by atoms with van der Waals surface area (Å²) in [4.78, 5) is 4.71. The third-order valence-electron chi connectivity index (χ3n) is 12.3. The molecule has 0 atom stereocenters. The number of rotatable bonds is 8. The average molecular weight is 785 g/mol. The number of anilines is 6. The molecule has 0 heterocycles. The highest BCUT2D eigenvalue weighted by atomic mass is 16.3. The minimum absolute atomic E-state index is 0.197. The Morgan fingerprint density at radius 2 is 0.689 bits per heavy atom. The second-order valence-corrected chi connectivity index (χ2v) is 15.6. The lowest BCUT2D eigenvalue weighted by atomic mass is 9.67. The molecule has 0 radical (unpaired) electrons. The number of fused-ring (bicyclic) bond motifs is 5. The Balaban J connectivity index is 1.21. The van der Waals surface area contributed by atoms with Crippen molar-refractivity contribution in [3.05, 3.63) is 253 Å². The van der Waals surface area contributed by atoms with Gasteiger partial charge in [-0.2, -0.15) is 0 Å². The fourth-order valence-electron chi connectivity index (χ4n) is 9.60. The highest BCUT2D eigenvalue weighted by Gasteiger charge is 2.47. The van der Waals surface area contributed by atoms with E-state index in [4.69, 9.17) is 0 Å². The van der Waals surface area contributed by atoms with Crippen molar-refractivity contribution >= 4 is 55.7 Å². The van der Waals surface area contributed by atoms with Crippen molar-refractivity contribution in [3.63, 3.8) is 0 Å². The molecule has 0 aromatic heterocycles. The summed E-state index contributed by atoms with van der Waals surface area (Å²) in [6.07, 6.45) is 0. The van der Waals surface area contributed by atoms with E-state index in [1.165, 1.54) is 10.8 Å². The fraction of sp³-hybridized carbons (Fsp3) is 0.0175. The van der Waals surface area contributed by atoms with Crippen molar-refractivity contribution in [3.8, 4) is 22.6 Å². The standard InChI is InChI=1S/C57H40N2O2/c60-47-31-25-41(26-32-47)57(42-27-33-48(61)34-28-42)53-37-45(58(43-17-3-1-4-18-43)55-23-11-15-39-13-7-9-21-49(39)55)29-35-51(53)52-36-30-46(38-54(52)57)59(44-19-5-2-6-20-44)56-24-12-16-40-14-8-10-22-50(40)56/h1-38,60-61H. The van der Waals surface area contributed by atoms with Gasteiger partial charge in [0.1, 0.15) is 11.5 Å². The van der Waals surface area contributed by atoms with E-state index >= 15 is 0 Å². The van der Waals surface area contributed by atoms with Gasteiger partial charge >= 0.3 is 0 Å². The van der Waals surface area contributed by atoms with Gasteiger partial charge in [0.05, 0.1) is 16.8 Å². The minimum Gasteiger partial charge on any atom is -0.508 e. The van der Waals surface area contributed by atoms with Crippen molar-refractivity contribution in [2.75, 3.05) is 9.80 Å². The maximum absolute atomic E-state index is 10.7. The van der Waals surface area contributed by atoms with Crippen LogP contribution in [0.3, 0.4) is 0 Å². The smallest absolute Gasteiger partial charge is 0.115 e. The lowest BCUT2D eigenvalue weighted by Gasteiger charge is -2.36. The zero-order valence-electron chi connectivity index (χ0n) is 33.2. The first-order valence-corrected chi connectivity index (χ1v) is 20.6. The first-order chi connectivity index (χ1) is 30.1. The number of hydrogen-bond acceptors (Lipinski definition) is 4. The Hall–Kier alpha value is -8.08. The van der Waals surface area contributed by atoms with Crippen LogP contribution >= 0.6 is 0 Å². The minimum atomic E-state index is -0.861. The first-order valence-electron chi connectivity index (χ1n) is 20.6. The van der Waals surface area contributed by atoms with E-state index < -0.39 is 5.41 Å². The lowest BCUT2D eigenvalue weighted by Crippen LogP contribution is -2.29. The molecule has 0 saturated carbocycles. The molecular formula is C57H40N2O2. The quantitative estimate of drug-likeness (QED) is 0.161. The van der Waals surface area contributed by atoms with Gasteiger partial charge in [-0.25, -0.2) is 0 Å². The van der Waals surface area contributed by atoms with Gasteiger partial charge in [0.25, 0.3) is 0 Å². The first kappa shape index (κ1) is 36.0. The summed E-state index contributed by atoms with van der Waals surface area (Å²) >= 11 is 0. The molecule has 0 aliphatic heterocycles. The van der Waals surface area contributed by atoms with Gasteiger partial charge in [0.15, 0.2) is 0 Å². The highest BCUT2D eigenvalue weighted by molar-refractivity contribution is 6.01. The van der Waals surface area contributed by atoms with Crippen LogP contribution in [0.15, 0.2) is 231 Å². The molecule has 4 nitrogen and oxygen atoms in total. The molecule has 0 spiro atoms. The molecule has 0 saturated heterocycles. The second kappa shape index (κ2) is 14.6. The van der Waals surface area contributed by atoms with Gasteiger partial charge in [-0.15, -0.1) is 0 Å². The second-order valence-electron chi connectivity index (χ2n) is 15.6. The third kappa shape index (κ3) is 5.91. The molecule has 290 valence electrons. The van der Waals surface area contributed by atoms with Gasteiger partial charge in [-0.1, -0.05) is 146 Å². The number of phenolic OH excluding ortho intramolecular Hbond substituents is 2. The van der Waals surface area contributed by atoms with Gasteiger partial charge in [-0.3, -0.25) is 0 Å². The molecule has 10 aromatic rings. The summed E-state index contributed by atoms with van der Waals surface area (Å²) in [7, 11) is 0. The van der Waals surface area contributed by atoms with Crippen molar-refractivity contribution in [1.82, 2.24) is 0 Å². The van der Waals surface area contributed by atoms with Gasteiger partial charge in [0, 0.05) is 33.5 Å². The van der Waals surface area contributed by atoms with Gasteiger partial charge in [-0.05, 0) is 129 Å². The van der Waals surface area contributed by atoms with Crippen LogP contribution in [0.4, 0.5) is 34.1 Å². The molecule has 0 bridgehead atoms. The molecule has 10 aromatic carbocycles. The topological polar surface area (TPSA) is 46.9 Å².